The van der Waals surface area contributed by atoms with Crippen molar-refractivity contribution in [2.75, 3.05) is 13.1 Å². The van der Waals surface area contributed by atoms with Gasteiger partial charge in [-0.15, -0.1) is 0 Å². The molecule has 0 saturated carbocycles. The summed E-state index contributed by atoms with van der Waals surface area (Å²) in [5.74, 6) is 1.34. The molecule has 1 saturated heterocycles. The SMILES string of the molecule is Cn1c(CN2CCC(c3ccc(C(F)(F)F)cc3)CC2)nc2c(Br)cccc21. The number of para-hydroxylation sites is 1. The summed E-state index contributed by atoms with van der Waals surface area (Å²) in [7, 11) is 2.03. The molecule has 3 nitrogen and oxygen atoms in total. The standard InChI is InChI=1S/C21H21BrF3N3/c1-27-18-4-2-3-17(22)20(18)26-19(27)13-28-11-9-15(10-12-28)14-5-7-16(8-6-14)21(23,24)25/h2-8,15H,9-13H2,1H3. The van der Waals surface area contributed by atoms with E-state index in [2.05, 4.69) is 31.5 Å². The van der Waals surface area contributed by atoms with Gasteiger partial charge in [-0.25, -0.2) is 4.98 Å². The Morgan fingerprint density at radius 1 is 1.07 bits per heavy atom. The molecule has 0 bridgehead atoms. The van der Waals surface area contributed by atoms with Crippen molar-refractivity contribution < 1.29 is 13.2 Å². The summed E-state index contributed by atoms with van der Waals surface area (Å²) in [6, 6.07) is 11.7. The van der Waals surface area contributed by atoms with Crippen LogP contribution in [-0.4, -0.2) is 27.5 Å². The first kappa shape index (κ1) is 19.5. The summed E-state index contributed by atoms with van der Waals surface area (Å²) in [6.07, 6.45) is -2.39. The Bertz CT molecular complexity index is 971. The van der Waals surface area contributed by atoms with Gasteiger partial charge in [0.2, 0.25) is 0 Å². The monoisotopic (exact) mass is 451 g/mol. The zero-order chi connectivity index (χ0) is 19.9. The van der Waals surface area contributed by atoms with Crippen molar-refractivity contribution in [2.24, 2.45) is 7.05 Å². The first-order valence-electron chi connectivity index (χ1n) is 9.32. The summed E-state index contributed by atoms with van der Waals surface area (Å²) in [5, 5.41) is 0. The molecule has 0 radical (unpaired) electrons. The average molecular weight is 452 g/mol. The fraction of sp³-hybridized carbons (Fsp3) is 0.381. The Labute approximate surface area is 170 Å². The second kappa shape index (κ2) is 7.52. The molecule has 2 heterocycles. The first-order chi connectivity index (χ1) is 13.3. The van der Waals surface area contributed by atoms with Crippen LogP contribution in [-0.2, 0) is 19.8 Å². The van der Waals surface area contributed by atoms with E-state index < -0.39 is 11.7 Å². The molecular weight excluding hydrogens is 431 g/mol. The van der Waals surface area contributed by atoms with Crippen LogP contribution in [0.1, 0.15) is 35.7 Å². The predicted octanol–water partition coefficient (Wildman–Crippen LogP) is 5.73. The van der Waals surface area contributed by atoms with E-state index in [4.69, 9.17) is 4.98 Å². The zero-order valence-corrected chi connectivity index (χ0v) is 17.1. The smallest absolute Gasteiger partial charge is 0.330 e. The van der Waals surface area contributed by atoms with Crippen LogP contribution in [0.25, 0.3) is 11.0 Å². The van der Waals surface area contributed by atoms with Crippen LogP contribution in [0.2, 0.25) is 0 Å². The van der Waals surface area contributed by atoms with E-state index in [1.54, 1.807) is 12.1 Å². The Kier molecular flexibility index (Phi) is 5.22. The molecule has 1 aliphatic rings. The number of halogens is 4. The number of aromatic nitrogens is 2. The van der Waals surface area contributed by atoms with Gasteiger partial charge in [0.1, 0.15) is 11.3 Å². The van der Waals surface area contributed by atoms with Crippen LogP contribution < -0.4 is 0 Å². The minimum atomic E-state index is -4.28. The molecule has 0 spiro atoms. The van der Waals surface area contributed by atoms with Crippen LogP contribution in [0.3, 0.4) is 0 Å². The average Bonchev–Trinajstić information content (AvgIpc) is 2.99. The van der Waals surface area contributed by atoms with Crippen LogP contribution in [0, 0.1) is 0 Å². The van der Waals surface area contributed by atoms with Gasteiger partial charge in [-0.2, -0.15) is 13.2 Å². The van der Waals surface area contributed by atoms with Gasteiger partial charge in [-0.1, -0.05) is 18.2 Å². The number of benzene rings is 2. The fourth-order valence-corrected chi connectivity index (χ4v) is 4.38. The van der Waals surface area contributed by atoms with Crippen molar-refractivity contribution in [3.05, 3.63) is 63.9 Å². The third kappa shape index (κ3) is 3.82. The molecule has 0 amide bonds. The summed E-state index contributed by atoms with van der Waals surface area (Å²) >= 11 is 3.56. The largest absolute Gasteiger partial charge is 0.416 e. The lowest BCUT2D eigenvalue weighted by Crippen LogP contribution is -2.33. The summed E-state index contributed by atoms with van der Waals surface area (Å²) in [4.78, 5) is 7.15. The highest BCUT2D eigenvalue weighted by atomic mass is 79.9. The number of rotatable bonds is 3. The number of hydrogen-bond acceptors (Lipinski definition) is 2. The number of aryl methyl sites for hydroxylation is 1. The maximum Gasteiger partial charge on any atom is 0.416 e. The molecule has 0 N–H and O–H groups in total. The van der Waals surface area contributed by atoms with Crippen LogP contribution in [0.5, 0.6) is 0 Å². The lowest BCUT2D eigenvalue weighted by Gasteiger charge is -2.32. The molecule has 7 heteroatoms. The molecule has 1 fully saturated rings. The van der Waals surface area contributed by atoms with Crippen molar-refractivity contribution in [3.8, 4) is 0 Å². The molecule has 0 aliphatic carbocycles. The number of imidazole rings is 1. The van der Waals surface area contributed by atoms with Crippen molar-refractivity contribution in [1.29, 1.82) is 0 Å². The van der Waals surface area contributed by atoms with E-state index >= 15 is 0 Å². The summed E-state index contributed by atoms with van der Waals surface area (Å²) in [5.41, 5.74) is 2.49. The van der Waals surface area contributed by atoms with Crippen LogP contribution >= 0.6 is 15.9 Å². The van der Waals surface area contributed by atoms with Gasteiger partial charge in [-0.05, 0) is 77.6 Å². The van der Waals surface area contributed by atoms with E-state index in [9.17, 15) is 13.2 Å². The molecule has 4 rings (SSSR count). The lowest BCUT2D eigenvalue weighted by molar-refractivity contribution is -0.137. The minimum Gasteiger partial charge on any atom is -0.330 e. The number of alkyl halides is 3. The van der Waals surface area contributed by atoms with Crippen LogP contribution in [0.4, 0.5) is 13.2 Å². The molecule has 148 valence electrons. The number of fused-ring (bicyclic) bond motifs is 1. The van der Waals surface area contributed by atoms with E-state index in [0.29, 0.717) is 5.92 Å². The quantitative estimate of drug-likeness (QED) is 0.506. The molecule has 3 aromatic rings. The highest BCUT2D eigenvalue weighted by Crippen LogP contribution is 2.33. The number of piperidine rings is 1. The number of likely N-dealkylation sites (tertiary alicyclic amines) is 1. The van der Waals surface area contributed by atoms with E-state index in [-0.39, 0.29) is 0 Å². The molecule has 1 aliphatic heterocycles. The van der Waals surface area contributed by atoms with Crippen molar-refractivity contribution >= 4 is 27.0 Å². The number of nitrogens with zero attached hydrogens (tertiary/aromatic N) is 3. The molecule has 0 unspecified atom stereocenters. The normalized spacial score (nSPS) is 16.8. The fourth-order valence-electron chi connectivity index (χ4n) is 3.94. The zero-order valence-electron chi connectivity index (χ0n) is 15.5. The third-order valence-electron chi connectivity index (χ3n) is 5.62. The molecular formula is C21H21BrF3N3. The maximum absolute atomic E-state index is 12.7. The van der Waals surface area contributed by atoms with Crippen molar-refractivity contribution in [1.82, 2.24) is 14.5 Å². The molecule has 28 heavy (non-hydrogen) atoms. The maximum atomic E-state index is 12.7. The summed E-state index contributed by atoms with van der Waals surface area (Å²) < 4.78 is 41.3. The highest BCUT2D eigenvalue weighted by molar-refractivity contribution is 9.10. The Hall–Kier alpha value is -1.86. The van der Waals surface area contributed by atoms with E-state index in [1.807, 2.05) is 19.2 Å². The van der Waals surface area contributed by atoms with Gasteiger partial charge in [0.05, 0.1) is 17.6 Å². The van der Waals surface area contributed by atoms with E-state index in [1.165, 1.54) is 12.1 Å². The van der Waals surface area contributed by atoms with Gasteiger partial charge in [-0.3, -0.25) is 4.90 Å². The van der Waals surface area contributed by atoms with Gasteiger partial charge in [0.25, 0.3) is 0 Å². The molecule has 1 aromatic heterocycles. The van der Waals surface area contributed by atoms with E-state index in [0.717, 1.165) is 59.4 Å². The van der Waals surface area contributed by atoms with Gasteiger partial charge in [0, 0.05) is 11.5 Å². The topological polar surface area (TPSA) is 21.1 Å². The van der Waals surface area contributed by atoms with Crippen LogP contribution in [0.15, 0.2) is 46.9 Å². The Balaban J connectivity index is 1.41. The third-order valence-corrected chi connectivity index (χ3v) is 6.26. The van der Waals surface area contributed by atoms with Crippen molar-refractivity contribution in [3.63, 3.8) is 0 Å². The molecule has 2 aromatic carbocycles. The lowest BCUT2D eigenvalue weighted by atomic mass is 9.89. The second-order valence-corrected chi connectivity index (χ2v) is 8.22. The van der Waals surface area contributed by atoms with Crippen molar-refractivity contribution in [2.45, 2.75) is 31.5 Å². The number of hydrogen-bond donors (Lipinski definition) is 0. The highest BCUT2D eigenvalue weighted by Gasteiger charge is 2.30. The van der Waals surface area contributed by atoms with Gasteiger partial charge >= 0.3 is 6.18 Å². The van der Waals surface area contributed by atoms with Gasteiger partial charge < -0.3 is 4.57 Å². The van der Waals surface area contributed by atoms with Gasteiger partial charge in [0.15, 0.2) is 0 Å². The molecule has 0 atom stereocenters. The Morgan fingerprint density at radius 3 is 2.36 bits per heavy atom. The second-order valence-electron chi connectivity index (χ2n) is 7.36. The predicted molar refractivity (Wildman–Crippen MR) is 107 cm³/mol. The minimum absolute atomic E-state index is 0.313. The summed E-state index contributed by atoms with van der Waals surface area (Å²) in [6.45, 7) is 2.60. The Morgan fingerprint density at radius 2 is 1.75 bits per heavy atom. The first-order valence-corrected chi connectivity index (χ1v) is 10.1.